The first-order valence-corrected chi connectivity index (χ1v) is 33.3. The minimum absolute atomic E-state index is 0.00600. The van der Waals surface area contributed by atoms with E-state index in [1.54, 1.807) is 0 Å². The molecule has 0 amide bonds. The first-order valence-electron chi connectivity index (χ1n) is 24.1. The smallest absolute Gasteiger partial charge is 0.396 e. The third kappa shape index (κ3) is 12.9. The van der Waals surface area contributed by atoms with Gasteiger partial charge >= 0.3 is 30.3 Å². The van der Waals surface area contributed by atoms with Crippen molar-refractivity contribution in [3.05, 3.63) is 38.0 Å². The Morgan fingerprint density at radius 3 is 1.74 bits per heavy atom. The van der Waals surface area contributed by atoms with E-state index in [0.29, 0.717) is 11.4 Å². The van der Waals surface area contributed by atoms with Crippen LogP contribution in [0.25, 0.3) is 33.5 Å². The number of imidazole rings is 3. The Hall–Kier alpha value is -3.71. The van der Waals surface area contributed by atoms with Crippen molar-refractivity contribution >= 4 is 115 Å². The van der Waals surface area contributed by atoms with Gasteiger partial charge < -0.3 is 75.8 Å². The lowest BCUT2D eigenvalue weighted by Gasteiger charge is -2.38. The van der Waals surface area contributed by atoms with Gasteiger partial charge in [-0.15, -0.1) is 0 Å². The number of phosphoric acid groups is 3. The Balaban J connectivity index is 0.903. The zero-order valence-corrected chi connectivity index (χ0v) is 48.5. The first-order chi connectivity index (χ1) is 39.1. The van der Waals surface area contributed by atoms with Gasteiger partial charge in [-0.2, -0.15) is 0 Å². The molecule has 0 aliphatic carbocycles. The van der Waals surface area contributed by atoms with E-state index in [1.807, 2.05) is 22.6 Å². The monoisotopic (exact) mass is 1370 g/mol. The number of anilines is 3. The summed E-state index contributed by atoms with van der Waals surface area (Å²) in [5.74, 6) is -0.333. The number of ether oxygens (including phenoxy) is 5. The summed E-state index contributed by atoms with van der Waals surface area (Å²) < 4.78 is 128. The number of hydrogen-bond acceptors (Lipinski definition) is 32. The van der Waals surface area contributed by atoms with E-state index >= 15 is 0 Å². The summed E-state index contributed by atoms with van der Waals surface area (Å²) in [5, 5.41) is 30.6. The third-order valence-corrected chi connectivity index (χ3v) is 19.3. The molecule has 6 aromatic heterocycles. The van der Waals surface area contributed by atoms with E-state index in [4.69, 9.17) is 77.7 Å². The molecule has 450 valence electrons. The molecule has 38 nitrogen and oxygen atoms in total. The second-order valence-electron chi connectivity index (χ2n) is 18.1. The quantitative estimate of drug-likeness (QED) is 0.0194. The molecule has 4 fully saturated rings. The van der Waals surface area contributed by atoms with Crippen LogP contribution in [0.4, 0.5) is 17.5 Å². The Kier molecular flexibility index (Phi) is 18.7. The largest absolute Gasteiger partial charge is 0.472 e. The molecule has 0 radical (unpaired) electrons. The maximum atomic E-state index is 14.4. The van der Waals surface area contributed by atoms with Crippen molar-refractivity contribution < 1.29 is 109 Å². The fraction of sp³-hybridized carbons (Fsp3) is 0.605. The minimum atomic E-state index is -5.49. The normalized spacial score (nSPS) is 30.6. The average Bonchev–Trinajstić information content (AvgIpc) is 4.40. The summed E-state index contributed by atoms with van der Waals surface area (Å²) in [5.41, 5.74) is 16.8. The number of nitrogens with zero attached hydrogens (tertiary/aromatic N) is 12. The molecule has 44 heteroatoms. The molecule has 82 heavy (non-hydrogen) atoms. The molecule has 0 bridgehead atoms. The molecule has 6 aromatic rings. The van der Waals surface area contributed by atoms with Crippen molar-refractivity contribution in [3.63, 3.8) is 0 Å². The number of aliphatic hydroxyl groups excluding tert-OH is 3. The molecular formula is C38H52IN15O23P4S. The van der Waals surface area contributed by atoms with Gasteiger partial charge in [-0.3, -0.25) is 45.4 Å². The molecule has 13 N–H and O–H groups in total. The van der Waals surface area contributed by atoms with Crippen LogP contribution in [0, 0.1) is 0 Å². The number of aromatic nitrogens is 12. The van der Waals surface area contributed by atoms with Gasteiger partial charge in [0.05, 0.1) is 63.2 Å². The van der Waals surface area contributed by atoms with Crippen molar-refractivity contribution in [1.29, 1.82) is 0 Å². The number of nitrogen functional groups attached to an aromatic ring is 3. The Morgan fingerprint density at radius 1 is 0.646 bits per heavy atom. The van der Waals surface area contributed by atoms with E-state index in [-0.39, 0.29) is 80.8 Å². The maximum absolute atomic E-state index is 14.4. The predicted octanol–water partition coefficient (Wildman–Crippen LogP) is -0.0259. The van der Waals surface area contributed by atoms with E-state index in [9.17, 15) is 48.0 Å². The van der Waals surface area contributed by atoms with Crippen LogP contribution in [0.1, 0.15) is 31.5 Å². The van der Waals surface area contributed by atoms with Crippen molar-refractivity contribution in [1.82, 2.24) is 58.6 Å². The molecule has 0 aromatic carbocycles. The number of fused-ring (bicyclic) bond motifs is 4. The van der Waals surface area contributed by atoms with Gasteiger partial charge in [-0.05, 0) is 24.2 Å². The summed E-state index contributed by atoms with van der Waals surface area (Å²) in [6.07, 6.45) is -10.2. The predicted molar refractivity (Wildman–Crippen MR) is 283 cm³/mol. The third-order valence-electron chi connectivity index (χ3n) is 13.1. The fourth-order valence-electron chi connectivity index (χ4n) is 9.61. The number of alkyl halides is 1. The molecule has 4 saturated heterocycles. The summed E-state index contributed by atoms with van der Waals surface area (Å²) in [7, 11) is -15.7. The van der Waals surface area contributed by atoms with Crippen LogP contribution in [0.2, 0.25) is 0 Å². The maximum Gasteiger partial charge on any atom is 0.472 e. The number of halogens is 1. The highest BCUT2D eigenvalue weighted by atomic mass is 127. The van der Waals surface area contributed by atoms with Crippen LogP contribution < -0.4 is 17.2 Å². The molecule has 10 unspecified atom stereocenters. The number of rotatable bonds is 26. The summed E-state index contributed by atoms with van der Waals surface area (Å²) in [4.78, 5) is 81.5. The summed E-state index contributed by atoms with van der Waals surface area (Å²) in [6.45, 7) is -8.77. The van der Waals surface area contributed by atoms with Crippen molar-refractivity contribution in [2.75, 3.05) is 73.8 Å². The summed E-state index contributed by atoms with van der Waals surface area (Å²) in [6, 6.07) is 0. The highest BCUT2D eigenvalue weighted by Crippen LogP contribution is 2.61. The second-order valence-corrected chi connectivity index (χ2v) is 27.0. The fourth-order valence-corrected chi connectivity index (χ4v) is 15.0. The lowest BCUT2D eigenvalue weighted by Crippen LogP contribution is -2.51. The van der Waals surface area contributed by atoms with Crippen LogP contribution in [-0.4, -0.2) is 204 Å². The zero-order chi connectivity index (χ0) is 58.4. The van der Waals surface area contributed by atoms with Gasteiger partial charge in [-0.1, -0.05) is 22.6 Å². The molecule has 10 rings (SSSR count). The molecule has 0 saturated carbocycles. The number of aliphatic hydroxyl groups is 3. The van der Waals surface area contributed by atoms with E-state index in [2.05, 4.69) is 44.9 Å². The van der Waals surface area contributed by atoms with Crippen LogP contribution in [0.5, 0.6) is 0 Å². The topological polar surface area (TPSA) is 530 Å². The SMILES string of the molecule is Nc1ncnc2c1ncn2[C@@H]1O[C@H](COP(=O)(O)OC2C(OCI)[C@@H](COP(=O)(O)OCCO)O[C@H]2n2cnc3c(N)ncnc32)C(O)C1OP(=O)(O)OC[C@]12CCCOC1C(OP(=O)(O)SCCO)[C@H](n1cnc3c(N)ncnc31)O2. The zero-order valence-electron chi connectivity index (χ0n) is 41.9. The van der Waals surface area contributed by atoms with Crippen LogP contribution in [-0.2, 0) is 73.6 Å². The highest BCUT2D eigenvalue weighted by molar-refractivity contribution is 14.1. The lowest BCUT2D eigenvalue weighted by atomic mass is 9.89. The van der Waals surface area contributed by atoms with E-state index in [1.165, 1.54) is 26.4 Å². The van der Waals surface area contributed by atoms with Crippen LogP contribution >= 0.6 is 64.2 Å². The van der Waals surface area contributed by atoms with Crippen LogP contribution in [0.3, 0.4) is 0 Å². The number of nitrogens with two attached hydrogens (primary N) is 3. The number of hydrogen-bond donors (Lipinski definition) is 10. The first kappa shape index (κ1) is 61.4. The standard InChI is InChI=1S/C38H52IN15O23P4S/c39-11-67-24-19(9-69-78(58,59)68-6-3-55)73-36(53-16-50-21-30(41)44-13-47-33(21)53)26(24)76-79(60,61)70-8-18-23(57)25(35(72-18)52-15-49-20-29(40)43-12-46-32(20)52)75-80(62,63)71-10-38-2-1-5-66-28(38)27(77-81(64,65)82-7-4-56)37(74-38)54-17-51-22-31(42)45-14-48-34(22)54/h12-19,23-28,35-37,55-57H,1-11H2,(H,58,59)(H,60,61)(H,62,63)(H,64,65)(H2,40,43,46)(H2,41,44,47)(H2,42,45,48)/t18-,19-,23?,24?,25?,26?,27?,28?,35-,36-,37-,38-/m1/s1. The Labute approximate surface area is 477 Å². The van der Waals surface area contributed by atoms with Crippen LogP contribution in [0.15, 0.2) is 38.0 Å². The van der Waals surface area contributed by atoms with Crippen molar-refractivity contribution in [2.24, 2.45) is 0 Å². The Bertz CT molecular complexity index is 3450. The average molecular weight is 1370 g/mol. The van der Waals surface area contributed by atoms with Gasteiger partial charge in [-0.25, -0.2) is 63.1 Å². The van der Waals surface area contributed by atoms with Gasteiger partial charge in [0.25, 0.3) is 0 Å². The van der Waals surface area contributed by atoms with E-state index in [0.717, 1.165) is 25.3 Å². The van der Waals surface area contributed by atoms with Gasteiger partial charge in [0, 0.05) is 12.4 Å². The van der Waals surface area contributed by atoms with Gasteiger partial charge in [0.2, 0.25) is 0 Å². The molecule has 4 aliphatic rings. The molecule has 16 atom stereocenters. The Morgan fingerprint density at radius 2 is 1.17 bits per heavy atom. The van der Waals surface area contributed by atoms with Crippen molar-refractivity contribution in [2.45, 2.75) is 86.0 Å². The molecular weight excluding hydrogens is 1320 g/mol. The minimum Gasteiger partial charge on any atom is -0.396 e. The van der Waals surface area contributed by atoms with Gasteiger partial charge in [0.1, 0.15) is 90.0 Å². The summed E-state index contributed by atoms with van der Waals surface area (Å²) >= 11 is 2.25. The number of phosphoric ester groups is 3. The molecule has 4 aliphatic heterocycles. The molecule has 10 heterocycles. The highest BCUT2D eigenvalue weighted by Gasteiger charge is 2.62. The van der Waals surface area contributed by atoms with E-state index < -0.39 is 143 Å². The molecule has 0 spiro atoms. The van der Waals surface area contributed by atoms with Crippen molar-refractivity contribution in [3.8, 4) is 0 Å². The van der Waals surface area contributed by atoms with Gasteiger partial charge in [0.15, 0.2) is 53.1 Å². The second kappa shape index (κ2) is 24.9. The lowest BCUT2D eigenvalue weighted by molar-refractivity contribution is -0.165.